The van der Waals surface area contributed by atoms with Gasteiger partial charge in [0.15, 0.2) is 5.78 Å². The molecule has 4 rings (SSSR count). The van der Waals surface area contributed by atoms with Gasteiger partial charge in [0.1, 0.15) is 5.82 Å². The monoisotopic (exact) mass is 387 g/mol. The third-order valence-electron chi connectivity index (χ3n) is 5.56. The number of benzene rings is 1. The highest BCUT2D eigenvalue weighted by atomic mass is 16.2. The second-order valence-corrected chi connectivity index (χ2v) is 8.01. The highest BCUT2D eigenvalue weighted by Gasteiger charge is 2.39. The molecule has 2 N–H and O–H groups in total. The summed E-state index contributed by atoms with van der Waals surface area (Å²) in [5, 5.41) is 6.27. The maximum Gasteiger partial charge on any atom is 0.255 e. The normalized spacial score (nSPS) is 21.6. The third-order valence-corrected chi connectivity index (χ3v) is 5.56. The van der Waals surface area contributed by atoms with E-state index in [0.29, 0.717) is 23.7 Å². The number of ketones is 1. The minimum absolute atomic E-state index is 0.117. The predicted molar refractivity (Wildman–Crippen MR) is 113 cm³/mol. The van der Waals surface area contributed by atoms with Crippen molar-refractivity contribution in [1.29, 1.82) is 0 Å². The number of hydrogen-bond donors (Lipinski definition) is 2. The molecular weight excluding hydrogens is 362 g/mol. The van der Waals surface area contributed by atoms with E-state index < -0.39 is 0 Å². The molecular formula is C24H25N3O2. The Labute approximate surface area is 170 Å². The Morgan fingerprint density at radius 1 is 1.10 bits per heavy atom. The Morgan fingerprint density at radius 2 is 1.86 bits per heavy atom. The Balaban J connectivity index is 1.77. The lowest BCUT2D eigenvalue weighted by molar-refractivity contribution is -0.117. The molecule has 29 heavy (non-hydrogen) atoms. The fraction of sp³-hybridized carbons (Fsp3) is 0.292. The van der Waals surface area contributed by atoms with Crippen molar-refractivity contribution >= 4 is 17.5 Å². The van der Waals surface area contributed by atoms with Gasteiger partial charge in [0, 0.05) is 41.1 Å². The topological polar surface area (TPSA) is 71.1 Å². The van der Waals surface area contributed by atoms with E-state index in [1.54, 1.807) is 12.3 Å². The Bertz CT molecular complexity index is 1020. The number of aromatic nitrogens is 1. The second-order valence-electron chi connectivity index (χ2n) is 8.01. The van der Waals surface area contributed by atoms with Gasteiger partial charge in [0.05, 0.1) is 0 Å². The molecule has 148 valence electrons. The number of allylic oxidation sites excluding steroid dienone is 3. The molecule has 2 aromatic rings. The molecule has 2 atom stereocenters. The zero-order valence-electron chi connectivity index (χ0n) is 17.0. The molecule has 1 aliphatic heterocycles. The molecule has 0 spiro atoms. The van der Waals surface area contributed by atoms with Crippen molar-refractivity contribution in [2.75, 3.05) is 5.32 Å². The molecule has 0 unspecified atom stereocenters. The average molecular weight is 387 g/mol. The van der Waals surface area contributed by atoms with E-state index in [9.17, 15) is 9.59 Å². The first-order valence-corrected chi connectivity index (χ1v) is 9.97. The Hall–Kier alpha value is -3.21. The van der Waals surface area contributed by atoms with Crippen molar-refractivity contribution in [3.05, 3.63) is 82.3 Å². The van der Waals surface area contributed by atoms with E-state index in [2.05, 4.69) is 22.5 Å². The lowest BCUT2D eigenvalue weighted by atomic mass is 9.73. The summed E-state index contributed by atoms with van der Waals surface area (Å²) in [6, 6.07) is 13.5. The minimum Gasteiger partial charge on any atom is -0.362 e. The van der Waals surface area contributed by atoms with Gasteiger partial charge >= 0.3 is 0 Å². The maximum absolute atomic E-state index is 13.3. The van der Waals surface area contributed by atoms with Crippen LogP contribution < -0.4 is 10.6 Å². The fourth-order valence-electron chi connectivity index (χ4n) is 4.24. The van der Waals surface area contributed by atoms with Crippen molar-refractivity contribution in [3.63, 3.8) is 0 Å². The average Bonchev–Trinajstić information content (AvgIpc) is 2.69. The Morgan fingerprint density at radius 3 is 2.55 bits per heavy atom. The standard InChI is InChI=1S/C24H25N3O2/c1-14-9-10-20(25-13-14)27-24(29)21-16(3)26-18-11-15(2)12-19(28)23(18)22(21)17-7-5-4-6-8-17/h4-10,13,15,22,26H,11-12H2,1-3H3,(H,25,27,29)/t15-,22-/m1/s1. The molecule has 5 nitrogen and oxygen atoms in total. The number of hydrogen-bond acceptors (Lipinski definition) is 4. The largest absolute Gasteiger partial charge is 0.362 e. The zero-order chi connectivity index (χ0) is 20.5. The molecule has 0 fully saturated rings. The summed E-state index contributed by atoms with van der Waals surface area (Å²) in [5.74, 6) is 0.295. The minimum atomic E-state index is -0.377. The SMILES string of the molecule is CC1=C(C(=O)Nc2ccc(C)cn2)[C@@H](c2ccccc2)C2=C(C[C@@H](C)CC2=O)N1. The van der Waals surface area contributed by atoms with Gasteiger partial charge in [-0.2, -0.15) is 0 Å². The molecule has 0 saturated heterocycles. The molecule has 5 heteroatoms. The van der Waals surface area contributed by atoms with E-state index in [1.807, 2.05) is 50.2 Å². The summed E-state index contributed by atoms with van der Waals surface area (Å²) in [4.78, 5) is 30.6. The predicted octanol–water partition coefficient (Wildman–Crippen LogP) is 4.24. The van der Waals surface area contributed by atoms with Crippen molar-refractivity contribution in [2.45, 2.75) is 39.5 Å². The van der Waals surface area contributed by atoms with Crippen molar-refractivity contribution < 1.29 is 9.59 Å². The van der Waals surface area contributed by atoms with Crippen LogP contribution in [0.25, 0.3) is 0 Å². The number of pyridine rings is 1. The number of rotatable bonds is 3. The summed E-state index contributed by atoms with van der Waals surface area (Å²) in [5.41, 5.74) is 5.00. The zero-order valence-corrected chi connectivity index (χ0v) is 17.0. The van der Waals surface area contributed by atoms with Gasteiger partial charge in [-0.15, -0.1) is 0 Å². The molecule has 0 saturated carbocycles. The van der Waals surface area contributed by atoms with Gasteiger partial charge in [0.25, 0.3) is 5.91 Å². The summed E-state index contributed by atoms with van der Waals surface area (Å²) >= 11 is 0. The number of anilines is 1. The second kappa shape index (κ2) is 7.66. The van der Waals surface area contributed by atoms with Crippen LogP contribution in [0.1, 0.15) is 43.7 Å². The van der Waals surface area contributed by atoms with Crippen LogP contribution in [0, 0.1) is 12.8 Å². The van der Waals surface area contributed by atoms with Crippen molar-refractivity contribution in [1.82, 2.24) is 10.3 Å². The van der Waals surface area contributed by atoms with Gasteiger partial charge in [-0.25, -0.2) is 4.98 Å². The van der Waals surface area contributed by atoms with E-state index in [4.69, 9.17) is 0 Å². The quantitative estimate of drug-likeness (QED) is 0.826. The van der Waals surface area contributed by atoms with Gasteiger partial charge < -0.3 is 10.6 Å². The number of aryl methyl sites for hydroxylation is 1. The number of Topliss-reactive ketones (excluding diaryl/α,β-unsaturated/α-hetero) is 1. The van der Waals surface area contributed by atoms with E-state index in [-0.39, 0.29) is 17.6 Å². The van der Waals surface area contributed by atoms with Gasteiger partial charge in [-0.1, -0.05) is 43.3 Å². The first-order chi connectivity index (χ1) is 13.9. The van der Waals surface area contributed by atoms with E-state index in [1.165, 1.54) is 0 Å². The molecule has 1 amide bonds. The molecule has 1 aromatic carbocycles. The van der Waals surface area contributed by atoms with Crippen LogP contribution in [0.5, 0.6) is 0 Å². The highest BCUT2D eigenvalue weighted by molar-refractivity contribution is 6.09. The summed E-state index contributed by atoms with van der Waals surface area (Å²) in [6.07, 6.45) is 3.05. The van der Waals surface area contributed by atoms with Crippen LogP contribution in [0.4, 0.5) is 5.82 Å². The highest BCUT2D eigenvalue weighted by Crippen LogP contribution is 2.43. The number of carbonyl (C=O) groups is 2. The van der Waals surface area contributed by atoms with Crippen molar-refractivity contribution in [2.24, 2.45) is 5.92 Å². The molecule has 2 aliphatic rings. The van der Waals surface area contributed by atoms with E-state index in [0.717, 1.165) is 34.5 Å². The summed E-state index contributed by atoms with van der Waals surface area (Å²) < 4.78 is 0. The van der Waals surface area contributed by atoms with Crippen LogP contribution in [0.3, 0.4) is 0 Å². The first-order valence-electron chi connectivity index (χ1n) is 9.97. The Kier molecular flexibility index (Phi) is 5.05. The number of nitrogens with zero attached hydrogens (tertiary/aromatic N) is 1. The fourth-order valence-corrected chi connectivity index (χ4v) is 4.24. The molecule has 0 bridgehead atoms. The van der Waals surface area contributed by atoms with Crippen molar-refractivity contribution in [3.8, 4) is 0 Å². The molecule has 2 heterocycles. The number of amides is 1. The number of dihydropyridines is 1. The van der Waals surface area contributed by atoms with Crippen LogP contribution in [0.15, 0.2) is 71.2 Å². The molecule has 1 aliphatic carbocycles. The maximum atomic E-state index is 13.3. The van der Waals surface area contributed by atoms with Crippen LogP contribution >= 0.6 is 0 Å². The van der Waals surface area contributed by atoms with E-state index >= 15 is 0 Å². The third kappa shape index (κ3) is 3.73. The summed E-state index contributed by atoms with van der Waals surface area (Å²) in [7, 11) is 0. The first kappa shape index (κ1) is 19.1. The lowest BCUT2D eigenvalue weighted by Gasteiger charge is -2.36. The van der Waals surface area contributed by atoms with Crippen LogP contribution in [-0.2, 0) is 9.59 Å². The van der Waals surface area contributed by atoms with Gasteiger partial charge in [0.2, 0.25) is 0 Å². The number of nitrogens with one attached hydrogen (secondary N) is 2. The van der Waals surface area contributed by atoms with Crippen LogP contribution in [0.2, 0.25) is 0 Å². The van der Waals surface area contributed by atoms with Gasteiger partial charge in [-0.3, -0.25) is 9.59 Å². The van der Waals surface area contributed by atoms with Crippen LogP contribution in [-0.4, -0.2) is 16.7 Å². The van der Waals surface area contributed by atoms with Gasteiger partial charge in [-0.05, 0) is 43.4 Å². The molecule has 0 radical (unpaired) electrons. The lowest BCUT2D eigenvalue weighted by Crippen LogP contribution is -2.37. The number of carbonyl (C=O) groups excluding carboxylic acids is 2. The summed E-state index contributed by atoms with van der Waals surface area (Å²) in [6.45, 7) is 5.94. The smallest absolute Gasteiger partial charge is 0.255 e. The molecule has 1 aromatic heterocycles.